The Morgan fingerprint density at radius 2 is 2.25 bits per heavy atom. The Kier molecular flexibility index (Phi) is 5.53. The summed E-state index contributed by atoms with van der Waals surface area (Å²) in [5.41, 5.74) is 5.36. The fourth-order valence-corrected chi connectivity index (χ4v) is 2.53. The van der Waals surface area contributed by atoms with Gasteiger partial charge in [0, 0.05) is 13.1 Å². The zero-order chi connectivity index (χ0) is 15.3. The number of hydrogen-bond acceptors (Lipinski definition) is 7. The zero-order valence-corrected chi connectivity index (χ0v) is 12.0. The Hall–Kier alpha value is -1.59. The van der Waals surface area contributed by atoms with Gasteiger partial charge in [-0.05, 0) is 13.8 Å². The smallest absolute Gasteiger partial charge is 0.422 e. The van der Waals surface area contributed by atoms with Crippen molar-refractivity contribution in [3.63, 3.8) is 0 Å². The van der Waals surface area contributed by atoms with Gasteiger partial charge in [-0.3, -0.25) is 0 Å². The molecule has 1 heterocycles. The first kappa shape index (κ1) is 16.5. The van der Waals surface area contributed by atoms with Crippen molar-refractivity contribution in [3.05, 3.63) is 0 Å². The van der Waals surface area contributed by atoms with E-state index in [9.17, 15) is 13.2 Å². The summed E-state index contributed by atoms with van der Waals surface area (Å²) in [6.07, 6.45) is -2.38. The summed E-state index contributed by atoms with van der Waals surface area (Å²) in [6.45, 7) is 3.12. The van der Waals surface area contributed by atoms with E-state index in [1.807, 2.05) is 0 Å². The average Bonchev–Trinajstić information content (AvgIpc) is 2.36. The summed E-state index contributed by atoms with van der Waals surface area (Å²) in [5, 5.41) is 11.3. The molecule has 1 amide bonds. The normalized spacial score (nSPS) is 21.8. The highest BCUT2D eigenvalue weighted by molar-refractivity contribution is 7.87. The molecule has 1 saturated heterocycles. The second-order valence-electron chi connectivity index (χ2n) is 4.30. The van der Waals surface area contributed by atoms with Crippen molar-refractivity contribution in [1.29, 1.82) is 0 Å². The van der Waals surface area contributed by atoms with Crippen LogP contribution in [0.4, 0.5) is 4.79 Å². The van der Waals surface area contributed by atoms with Crippen molar-refractivity contribution < 1.29 is 27.9 Å². The first-order valence-corrected chi connectivity index (χ1v) is 7.27. The van der Waals surface area contributed by atoms with E-state index in [-0.39, 0.29) is 25.5 Å². The van der Waals surface area contributed by atoms with Crippen molar-refractivity contribution in [2.24, 2.45) is 10.9 Å². The number of ether oxygens (including phenoxy) is 2. The molecule has 0 aromatic rings. The van der Waals surface area contributed by atoms with E-state index >= 15 is 0 Å². The maximum atomic E-state index is 11.9. The lowest BCUT2D eigenvalue weighted by Crippen LogP contribution is -2.54. The van der Waals surface area contributed by atoms with Crippen molar-refractivity contribution in [3.8, 4) is 0 Å². The molecule has 1 fully saturated rings. The lowest BCUT2D eigenvalue weighted by molar-refractivity contribution is 0.0348. The number of carbonyl (C=O) groups excluding carboxylic acids is 1. The Morgan fingerprint density at radius 1 is 1.60 bits per heavy atom. The number of rotatable bonds is 4. The van der Waals surface area contributed by atoms with Crippen LogP contribution in [0.15, 0.2) is 5.16 Å². The van der Waals surface area contributed by atoms with Gasteiger partial charge in [0.05, 0.1) is 12.7 Å². The van der Waals surface area contributed by atoms with E-state index in [0.29, 0.717) is 0 Å². The number of nitrogens with one attached hydrogen (secondary N) is 1. The van der Waals surface area contributed by atoms with Crippen LogP contribution in [-0.4, -0.2) is 61.8 Å². The van der Waals surface area contributed by atoms with Gasteiger partial charge in [0.2, 0.25) is 0 Å². The number of nitrogens with two attached hydrogens (primary N) is 1. The van der Waals surface area contributed by atoms with Crippen LogP contribution in [-0.2, 0) is 19.7 Å². The Balaban J connectivity index is 2.70. The highest BCUT2D eigenvalue weighted by Crippen LogP contribution is 2.09. The molecule has 1 unspecified atom stereocenters. The molecule has 20 heavy (non-hydrogen) atoms. The quantitative estimate of drug-likeness (QED) is 0.256. The molecule has 0 aliphatic carbocycles. The van der Waals surface area contributed by atoms with Gasteiger partial charge >= 0.3 is 16.3 Å². The fraction of sp³-hybridized carbons (Fsp3) is 0.778. The third kappa shape index (κ3) is 4.51. The van der Waals surface area contributed by atoms with Crippen LogP contribution in [0.5, 0.6) is 0 Å². The van der Waals surface area contributed by atoms with E-state index in [1.54, 1.807) is 18.6 Å². The Bertz CT molecular complexity index is 477. The molecule has 1 atom stereocenters. The fourth-order valence-electron chi connectivity index (χ4n) is 1.50. The number of amidine groups is 1. The standard InChI is InChI=1S/C9H18N4O6S/c1-6(2)19-9(14)12-20(16,17)13-3-4-18-7(5-13)8(10)11-15/h6-7,15H,3-5H2,1-2H3,(H2,10,11)(H,12,14). The first-order valence-electron chi connectivity index (χ1n) is 5.83. The van der Waals surface area contributed by atoms with Crippen LogP contribution in [0.25, 0.3) is 0 Å². The van der Waals surface area contributed by atoms with Gasteiger partial charge in [-0.15, -0.1) is 0 Å². The van der Waals surface area contributed by atoms with E-state index in [1.165, 1.54) is 0 Å². The molecular formula is C9H18N4O6S. The summed E-state index contributed by atoms with van der Waals surface area (Å²) >= 11 is 0. The van der Waals surface area contributed by atoms with Gasteiger partial charge in [-0.1, -0.05) is 5.16 Å². The summed E-state index contributed by atoms with van der Waals surface area (Å²) in [7, 11) is -4.07. The van der Waals surface area contributed by atoms with Gasteiger partial charge in [0.1, 0.15) is 6.10 Å². The number of amides is 1. The summed E-state index contributed by atoms with van der Waals surface area (Å²) < 4.78 is 36.5. The zero-order valence-electron chi connectivity index (χ0n) is 11.1. The Labute approximate surface area is 116 Å². The molecule has 11 heteroatoms. The number of oxime groups is 1. The van der Waals surface area contributed by atoms with Gasteiger partial charge in [0.25, 0.3) is 0 Å². The minimum atomic E-state index is -4.07. The lowest BCUT2D eigenvalue weighted by atomic mass is 10.3. The third-order valence-electron chi connectivity index (χ3n) is 2.37. The van der Waals surface area contributed by atoms with Crippen LogP contribution in [0.2, 0.25) is 0 Å². The van der Waals surface area contributed by atoms with Crippen molar-refractivity contribution in [2.75, 3.05) is 19.7 Å². The summed E-state index contributed by atoms with van der Waals surface area (Å²) in [5.74, 6) is -0.241. The van der Waals surface area contributed by atoms with Gasteiger partial charge < -0.3 is 20.4 Å². The molecule has 0 saturated carbocycles. The minimum Gasteiger partial charge on any atom is -0.446 e. The van der Waals surface area contributed by atoms with Crippen LogP contribution < -0.4 is 10.5 Å². The molecular weight excluding hydrogens is 292 g/mol. The van der Waals surface area contributed by atoms with Crippen LogP contribution in [0.1, 0.15) is 13.8 Å². The summed E-state index contributed by atoms with van der Waals surface area (Å²) in [4.78, 5) is 11.3. The first-order chi connectivity index (χ1) is 9.26. The maximum Gasteiger partial charge on any atom is 0.422 e. The molecule has 1 aliphatic heterocycles. The third-order valence-corrected chi connectivity index (χ3v) is 3.81. The predicted octanol–water partition coefficient (Wildman–Crippen LogP) is -1.19. The lowest BCUT2D eigenvalue weighted by Gasteiger charge is -2.31. The predicted molar refractivity (Wildman–Crippen MR) is 68.4 cm³/mol. The molecule has 0 radical (unpaired) electrons. The van der Waals surface area contributed by atoms with Crippen LogP contribution >= 0.6 is 0 Å². The molecule has 0 spiro atoms. The van der Waals surface area contributed by atoms with E-state index in [0.717, 1.165) is 4.31 Å². The number of carbonyl (C=O) groups is 1. The van der Waals surface area contributed by atoms with E-state index in [2.05, 4.69) is 5.16 Å². The van der Waals surface area contributed by atoms with Crippen molar-refractivity contribution >= 4 is 22.1 Å². The molecule has 0 aromatic heterocycles. The average molecular weight is 310 g/mol. The molecule has 1 aliphatic rings. The monoisotopic (exact) mass is 310 g/mol. The highest BCUT2D eigenvalue weighted by Gasteiger charge is 2.33. The van der Waals surface area contributed by atoms with Crippen LogP contribution in [0.3, 0.4) is 0 Å². The maximum absolute atomic E-state index is 11.9. The highest BCUT2D eigenvalue weighted by atomic mass is 32.2. The molecule has 1 rings (SSSR count). The molecule has 0 aromatic carbocycles. The molecule has 10 nitrogen and oxygen atoms in total. The van der Waals surface area contributed by atoms with Crippen LogP contribution in [0, 0.1) is 0 Å². The minimum absolute atomic E-state index is 0.0412. The number of morpholine rings is 1. The summed E-state index contributed by atoms with van der Waals surface area (Å²) in [6, 6.07) is 0. The SMILES string of the molecule is CC(C)OC(=O)NS(=O)(=O)N1CCOC(C(N)=NO)C1. The Morgan fingerprint density at radius 3 is 2.80 bits per heavy atom. The van der Waals surface area contributed by atoms with E-state index in [4.69, 9.17) is 20.4 Å². The van der Waals surface area contributed by atoms with Gasteiger partial charge in [0.15, 0.2) is 5.84 Å². The number of hydrogen-bond donors (Lipinski definition) is 3. The van der Waals surface area contributed by atoms with E-state index < -0.39 is 28.5 Å². The van der Waals surface area contributed by atoms with Gasteiger partial charge in [-0.25, -0.2) is 9.52 Å². The number of nitrogens with zero attached hydrogens (tertiary/aromatic N) is 2. The second kappa shape index (κ2) is 6.72. The van der Waals surface area contributed by atoms with Crippen molar-refractivity contribution in [1.82, 2.24) is 9.03 Å². The topological polar surface area (TPSA) is 144 Å². The largest absolute Gasteiger partial charge is 0.446 e. The molecule has 0 bridgehead atoms. The van der Waals surface area contributed by atoms with Crippen molar-refractivity contribution in [2.45, 2.75) is 26.1 Å². The van der Waals surface area contributed by atoms with Gasteiger partial charge in [-0.2, -0.15) is 12.7 Å². The molecule has 116 valence electrons. The second-order valence-corrected chi connectivity index (χ2v) is 5.97. The molecule has 4 N–H and O–H groups in total.